The Bertz CT molecular complexity index is 1010. The molecular weight excluding hydrogens is 348 g/mol. The summed E-state index contributed by atoms with van der Waals surface area (Å²) in [6.07, 6.45) is 2.88. The summed E-state index contributed by atoms with van der Waals surface area (Å²) in [6.45, 7) is 1.87. The van der Waals surface area contributed by atoms with E-state index in [4.69, 9.17) is 9.47 Å². The lowest BCUT2D eigenvalue weighted by Crippen LogP contribution is -2.02. The van der Waals surface area contributed by atoms with E-state index in [1.807, 2.05) is 0 Å². The van der Waals surface area contributed by atoms with Crippen molar-refractivity contribution in [1.82, 2.24) is 0 Å². The maximum atomic E-state index is 14.7. The van der Waals surface area contributed by atoms with Crippen molar-refractivity contribution in [3.8, 4) is 5.75 Å². The number of hydrogen-bond donors (Lipinski definition) is 0. The summed E-state index contributed by atoms with van der Waals surface area (Å²) >= 11 is 0. The molecule has 2 nitrogen and oxygen atoms in total. The highest BCUT2D eigenvalue weighted by atomic mass is 19.2. The van der Waals surface area contributed by atoms with Gasteiger partial charge in [0, 0.05) is 17.9 Å². The second-order valence-electron chi connectivity index (χ2n) is 5.76. The number of ether oxygens (including phenoxy) is 2. The SMILES string of the molecule is C/C=C/Oc1cc2ccc3cc(CCOC)c(F)c(F)c3c2c(F)c1F. The van der Waals surface area contributed by atoms with Gasteiger partial charge in [0.1, 0.15) is 0 Å². The van der Waals surface area contributed by atoms with E-state index in [9.17, 15) is 17.6 Å². The largest absolute Gasteiger partial charge is 0.462 e. The highest BCUT2D eigenvalue weighted by Gasteiger charge is 2.21. The smallest absolute Gasteiger partial charge is 0.201 e. The predicted molar refractivity (Wildman–Crippen MR) is 92.3 cm³/mol. The monoisotopic (exact) mass is 364 g/mol. The van der Waals surface area contributed by atoms with E-state index in [1.54, 1.807) is 6.92 Å². The molecule has 0 saturated heterocycles. The second-order valence-corrected chi connectivity index (χ2v) is 5.76. The zero-order valence-corrected chi connectivity index (χ0v) is 14.2. The summed E-state index contributed by atoms with van der Waals surface area (Å²) in [6, 6.07) is 5.73. The first kappa shape index (κ1) is 18.2. The van der Waals surface area contributed by atoms with Crippen molar-refractivity contribution in [2.75, 3.05) is 13.7 Å². The first-order chi connectivity index (χ1) is 12.5. The van der Waals surface area contributed by atoms with Crippen molar-refractivity contribution >= 4 is 21.5 Å². The van der Waals surface area contributed by atoms with Gasteiger partial charge in [-0.1, -0.05) is 18.2 Å². The molecule has 0 aliphatic heterocycles. The average Bonchev–Trinajstić information content (AvgIpc) is 2.64. The van der Waals surface area contributed by atoms with Gasteiger partial charge in [-0.25, -0.2) is 13.2 Å². The van der Waals surface area contributed by atoms with Gasteiger partial charge in [0.2, 0.25) is 5.82 Å². The number of methoxy groups -OCH3 is 1. The molecule has 0 atom stereocenters. The lowest BCUT2D eigenvalue weighted by molar-refractivity contribution is 0.201. The predicted octanol–water partition coefficient (Wildman–Crippen LogP) is 5.65. The van der Waals surface area contributed by atoms with Crippen molar-refractivity contribution in [3.63, 3.8) is 0 Å². The molecule has 26 heavy (non-hydrogen) atoms. The van der Waals surface area contributed by atoms with Gasteiger partial charge in [-0.05, 0) is 41.8 Å². The molecule has 0 aromatic heterocycles. The molecule has 0 radical (unpaired) electrons. The molecule has 0 unspecified atom stereocenters. The van der Waals surface area contributed by atoms with E-state index >= 15 is 0 Å². The lowest BCUT2D eigenvalue weighted by Gasteiger charge is -2.12. The fourth-order valence-corrected chi connectivity index (χ4v) is 2.89. The quantitative estimate of drug-likeness (QED) is 0.331. The third kappa shape index (κ3) is 3.01. The van der Waals surface area contributed by atoms with Crippen LogP contribution in [-0.2, 0) is 11.2 Å². The maximum Gasteiger partial charge on any atom is 0.201 e. The van der Waals surface area contributed by atoms with Gasteiger partial charge in [-0.15, -0.1) is 0 Å². The van der Waals surface area contributed by atoms with Crippen LogP contribution in [0.15, 0.2) is 36.6 Å². The number of fused-ring (bicyclic) bond motifs is 3. The van der Waals surface area contributed by atoms with Crippen LogP contribution in [0.1, 0.15) is 12.5 Å². The topological polar surface area (TPSA) is 18.5 Å². The van der Waals surface area contributed by atoms with Crippen LogP contribution in [0, 0.1) is 23.3 Å². The fourth-order valence-electron chi connectivity index (χ4n) is 2.89. The van der Waals surface area contributed by atoms with Gasteiger partial charge >= 0.3 is 0 Å². The van der Waals surface area contributed by atoms with E-state index in [1.165, 1.54) is 43.7 Å². The zero-order valence-electron chi connectivity index (χ0n) is 14.2. The minimum absolute atomic E-state index is 0.116. The van der Waals surface area contributed by atoms with Gasteiger partial charge in [-0.3, -0.25) is 0 Å². The van der Waals surface area contributed by atoms with Crippen LogP contribution in [0.4, 0.5) is 17.6 Å². The van der Waals surface area contributed by atoms with Crippen molar-refractivity contribution in [2.45, 2.75) is 13.3 Å². The summed E-state index contributed by atoms with van der Waals surface area (Å²) in [5, 5.41) is -0.126. The van der Waals surface area contributed by atoms with Crippen LogP contribution >= 0.6 is 0 Å². The molecule has 0 fully saturated rings. The van der Waals surface area contributed by atoms with E-state index in [2.05, 4.69) is 0 Å². The Morgan fingerprint density at radius 1 is 0.885 bits per heavy atom. The Hall–Kier alpha value is -2.60. The molecule has 0 amide bonds. The van der Waals surface area contributed by atoms with Gasteiger partial charge in [0.25, 0.3) is 0 Å². The van der Waals surface area contributed by atoms with Crippen molar-refractivity contribution < 1.29 is 27.0 Å². The van der Waals surface area contributed by atoms with Gasteiger partial charge in [0.15, 0.2) is 23.2 Å². The number of hydrogen-bond acceptors (Lipinski definition) is 2. The normalized spacial score (nSPS) is 11.8. The third-order valence-corrected chi connectivity index (χ3v) is 4.12. The molecule has 0 heterocycles. The standard InChI is InChI=1S/C20H16F4O2/c1-3-7-26-14-10-12-5-4-11-9-13(6-8-25-2)17(21)19(23)15(11)16(12)20(24)18(14)22/h3-5,7,9-10H,6,8H2,1-2H3/b7-3+. The van der Waals surface area contributed by atoms with E-state index in [0.29, 0.717) is 0 Å². The van der Waals surface area contributed by atoms with Crippen LogP contribution in [0.25, 0.3) is 21.5 Å². The molecule has 3 aromatic carbocycles. The van der Waals surface area contributed by atoms with Crippen LogP contribution in [0.3, 0.4) is 0 Å². The van der Waals surface area contributed by atoms with E-state index in [-0.39, 0.29) is 45.9 Å². The van der Waals surface area contributed by atoms with E-state index in [0.717, 1.165) is 0 Å². The Kier molecular flexibility index (Phi) is 5.13. The van der Waals surface area contributed by atoms with Gasteiger partial charge in [-0.2, -0.15) is 4.39 Å². The number of allylic oxidation sites excluding steroid dienone is 1. The summed E-state index contributed by atoms with van der Waals surface area (Å²) in [5.74, 6) is -5.16. The Morgan fingerprint density at radius 2 is 1.50 bits per heavy atom. The van der Waals surface area contributed by atoms with Crippen LogP contribution < -0.4 is 4.74 Å². The zero-order chi connectivity index (χ0) is 18.8. The van der Waals surface area contributed by atoms with Gasteiger partial charge in [0.05, 0.1) is 12.9 Å². The molecule has 0 spiro atoms. The lowest BCUT2D eigenvalue weighted by atomic mass is 9.97. The minimum Gasteiger partial charge on any atom is -0.462 e. The molecule has 0 saturated carbocycles. The van der Waals surface area contributed by atoms with Crippen LogP contribution in [0.5, 0.6) is 5.75 Å². The van der Waals surface area contributed by atoms with Crippen LogP contribution in [0.2, 0.25) is 0 Å². The summed E-state index contributed by atoms with van der Waals surface area (Å²) < 4.78 is 67.9. The highest BCUT2D eigenvalue weighted by Crippen LogP contribution is 2.36. The Balaban J connectivity index is 2.32. The molecule has 136 valence electrons. The van der Waals surface area contributed by atoms with E-state index < -0.39 is 23.3 Å². The number of rotatable bonds is 5. The first-order valence-corrected chi connectivity index (χ1v) is 7.97. The molecule has 0 aliphatic carbocycles. The molecule has 0 aliphatic rings. The summed E-state index contributed by atoms with van der Waals surface area (Å²) in [5.41, 5.74) is 0.116. The Morgan fingerprint density at radius 3 is 2.12 bits per heavy atom. The summed E-state index contributed by atoms with van der Waals surface area (Å²) in [4.78, 5) is 0. The number of halogens is 4. The van der Waals surface area contributed by atoms with Crippen molar-refractivity contribution in [1.29, 1.82) is 0 Å². The van der Waals surface area contributed by atoms with Gasteiger partial charge < -0.3 is 9.47 Å². The molecular formula is C20H16F4O2. The fraction of sp³-hybridized carbons (Fsp3) is 0.200. The third-order valence-electron chi connectivity index (χ3n) is 4.12. The van der Waals surface area contributed by atoms with Crippen molar-refractivity contribution in [2.24, 2.45) is 0 Å². The molecule has 0 bridgehead atoms. The molecule has 0 N–H and O–H groups in total. The molecule has 3 aromatic rings. The number of benzene rings is 3. The summed E-state index contributed by atoms with van der Waals surface area (Å²) in [7, 11) is 1.45. The average molecular weight is 364 g/mol. The first-order valence-electron chi connectivity index (χ1n) is 7.97. The van der Waals surface area contributed by atoms with Crippen LogP contribution in [-0.4, -0.2) is 13.7 Å². The molecule has 6 heteroatoms. The second kappa shape index (κ2) is 7.33. The Labute approximate surface area is 147 Å². The molecule has 3 rings (SSSR count). The maximum absolute atomic E-state index is 14.7. The van der Waals surface area contributed by atoms with Crippen molar-refractivity contribution in [3.05, 3.63) is 65.4 Å². The minimum atomic E-state index is -1.28. The highest BCUT2D eigenvalue weighted by molar-refractivity contribution is 6.08.